The third-order valence-electron chi connectivity index (χ3n) is 2.19. The van der Waals surface area contributed by atoms with Crippen LogP contribution in [0.25, 0.3) is 0 Å². The minimum absolute atomic E-state index is 0.00227. The molecule has 0 fully saturated rings. The molecule has 0 aliphatic rings. The zero-order valence-electron chi connectivity index (χ0n) is 9.64. The predicted molar refractivity (Wildman–Crippen MR) is 61.5 cm³/mol. The van der Waals surface area contributed by atoms with E-state index < -0.39 is 18.5 Å². The van der Waals surface area contributed by atoms with Gasteiger partial charge in [0.05, 0.1) is 11.6 Å². The van der Waals surface area contributed by atoms with E-state index in [9.17, 15) is 13.2 Å². The topological polar surface area (TPSA) is 9.23 Å². The van der Waals surface area contributed by atoms with Crippen LogP contribution in [0.2, 0.25) is 5.02 Å². The Balaban J connectivity index is 2.50. The van der Waals surface area contributed by atoms with Crippen LogP contribution in [0.15, 0.2) is 18.2 Å². The lowest BCUT2D eigenvalue weighted by atomic mass is 10.1. The van der Waals surface area contributed by atoms with Crippen molar-refractivity contribution in [1.82, 2.24) is 0 Å². The van der Waals surface area contributed by atoms with E-state index in [-0.39, 0.29) is 6.61 Å². The van der Waals surface area contributed by atoms with Crippen molar-refractivity contribution in [3.05, 3.63) is 28.8 Å². The maximum absolute atomic E-state index is 12.1. The highest BCUT2D eigenvalue weighted by molar-refractivity contribution is 6.32. The highest BCUT2D eigenvalue weighted by Crippen LogP contribution is 2.28. The Morgan fingerprint density at radius 2 is 2.00 bits per heavy atom. The first-order valence-corrected chi connectivity index (χ1v) is 5.61. The van der Waals surface area contributed by atoms with Crippen LogP contribution in [0.3, 0.4) is 0 Å². The summed E-state index contributed by atoms with van der Waals surface area (Å²) in [5, 5.41) is 0.421. The molecule has 0 aliphatic carbocycles. The predicted octanol–water partition coefficient (Wildman–Crippen LogP) is 4.62. The lowest BCUT2D eigenvalue weighted by Gasteiger charge is -2.15. The molecule has 0 amide bonds. The molecule has 17 heavy (non-hydrogen) atoms. The number of aryl methyl sites for hydroxylation is 1. The van der Waals surface area contributed by atoms with E-state index in [4.69, 9.17) is 16.3 Å². The van der Waals surface area contributed by atoms with E-state index >= 15 is 0 Å². The Labute approximate surface area is 104 Å². The van der Waals surface area contributed by atoms with Gasteiger partial charge in [-0.3, -0.25) is 0 Å². The molecule has 0 spiro atoms. The Hall–Kier alpha value is -0.900. The molecule has 96 valence electrons. The molecule has 0 aromatic heterocycles. The van der Waals surface area contributed by atoms with Gasteiger partial charge in [0.25, 0.3) is 0 Å². The SMILES string of the molecule is Cc1ccc(OCC(C)CC(F)(F)F)c(Cl)c1. The lowest BCUT2D eigenvalue weighted by molar-refractivity contribution is -0.145. The number of hydrogen-bond acceptors (Lipinski definition) is 1. The molecule has 0 radical (unpaired) electrons. The minimum atomic E-state index is -4.15. The van der Waals surface area contributed by atoms with Crippen molar-refractivity contribution < 1.29 is 17.9 Å². The highest BCUT2D eigenvalue weighted by atomic mass is 35.5. The second-order valence-corrected chi connectivity index (χ2v) is 4.58. The van der Waals surface area contributed by atoms with Crippen molar-refractivity contribution in [2.75, 3.05) is 6.61 Å². The van der Waals surface area contributed by atoms with Crippen molar-refractivity contribution in [1.29, 1.82) is 0 Å². The second kappa shape index (κ2) is 5.63. The summed E-state index contributed by atoms with van der Waals surface area (Å²) in [5.41, 5.74) is 0.977. The maximum Gasteiger partial charge on any atom is 0.389 e. The first kappa shape index (κ1) is 14.2. The summed E-state index contributed by atoms with van der Waals surface area (Å²) >= 11 is 5.90. The Bertz CT molecular complexity index is 377. The van der Waals surface area contributed by atoms with Gasteiger partial charge >= 0.3 is 6.18 Å². The Kier molecular flexibility index (Phi) is 4.69. The minimum Gasteiger partial charge on any atom is -0.492 e. The summed E-state index contributed by atoms with van der Waals surface area (Å²) in [6, 6.07) is 5.18. The van der Waals surface area contributed by atoms with Crippen LogP contribution in [0, 0.1) is 12.8 Å². The quantitative estimate of drug-likeness (QED) is 0.773. The highest BCUT2D eigenvalue weighted by Gasteiger charge is 2.30. The maximum atomic E-state index is 12.1. The zero-order valence-corrected chi connectivity index (χ0v) is 10.4. The van der Waals surface area contributed by atoms with Gasteiger partial charge in [-0.2, -0.15) is 13.2 Å². The van der Waals surface area contributed by atoms with Crippen molar-refractivity contribution in [3.63, 3.8) is 0 Å². The molecule has 1 rings (SSSR count). The third-order valence-corrected chi connectivity index (χ3v) is 2.49. The zero-order chi connectivity index (χ0) is 13.1. The van der Waals surface area contributed by atoms with Crippen molar-refractivity contribution >= 4 is 11.6 Å². The van der Waals surface area contributed by atoms with Crippen LogP contribution in [0.4, 0.5) is 13.2 Å². The summed E-state index contributed by atoms with van der Waals surface area (Å²) in [5.74, 6) is -0.168. The molecule has 0 bridgehead atoms. The van der Waals surface area contributed by atoms with Gasteiger partial charge in [-0.15, -0.1) is 0 Å². The lowest BCUT2D eigenvalue weighted by Crippen LogP contribution is -2.18. The van der Waals surface area contributed by atoms with Crippen molar-refractivity contribution in [3.8, 4) is 5.75 Å². The van der Waals surface area contributed by atoms with Crippen LogP contribution in [0.1, 0.15) is 18.9 Å². The standard InChI is InChI=1S/C12H14ClF3O/c1-8-3-4-11(10(13)5-8)17-7-9(2)6-12(14,15)16/h3-5,9H,6-7H2,1-2H3. The van der Waals surface area contributed by atoms with Crippen LogP contribution < -0.4 is 4.74 Å². The second-order valence-electron chi connectivity index (χ2n) is 4.17. The largest absolute Gasteiger partial charge is 0.492 e. The molecule has 0 heterocycles. The van der Waals surface area contributed by atoms with Crippen LogP contribution >= 0.6 is 11.6 Å². The number of benzene rings is 1. The molecule has 5 heteroatoms. The van der Waals surface area contributed by atoms with Gasteiger partial charge in [-0.05, 0) is 30.5 Å². The number of hydrogen-bond donors (Lipinski definition) is 0. The van der Waals surface area contributed by atoms with Gasteiger partial charge in [-0.1, -0.05) is 24.6 Å². The van der Waals surface area contributed by atoms with E-state index in [0.29, 0.717) is 10.8 Å². The van der Waals surface area contributed by atoms with Crippen molar-refractivity contribution in [2.24, 2.45) is 5.92 Å². The molecule has 1 atom stereocenters. The molecule has 0 N–H and O–H groups in total. The van der Waals surface area contributed by atoms with Gasteiger partial charge < -0.3 is 4.74 Å². The third kappa shape index (κ3) is 5.31. The fraction of sp³-hybridized carbons (Fsp3) is 0.500. The van der Waals surface area contributed by atoms with E-state index in [0.717, 1.165) is 5.56 Å². The molecule has 1 aromatic carbocycles. The van der Waals surface area contributed by atoms with E-state index in [1.54, 1.807) is 18.2 Å². The molecule has 0 saturated carbocycles. The van der Waals surface area contributed by atoms with Crippen LogP contribution in [-0.2, 0) is 0 Å². The Morgan fingerprint density at radius 3 is 2.53 bits per heavy atom. The monoisotopic (exact) mass is 266 g/mol. The van der Waals surface area contributed by atoms with Gasteiger partial charge in [0.1, 0.15) is 5.75 Å². The summed E-state index contributed by atoms with van der Waals surface area (Å²) in [6.07, 6.45) is -5.00. The summed E-state index contributed by atoms with van der Waals surface area (Å²) < 4.78 is 41.5. The molecular formula is C12H14ClF3O. The average Bonchev–Trinajstić information content (AvgIpc) is 2.13. The molecule has 0 aliphatic heterocycles. The van der Waals surface area contributed by atoms with Crippen molar-refractivity contribution in [2.45, 2.75) is 26.4 Å². The number of ether oxygens (including phenoxy) is 1. The smallest absolute Gasteiger partial charge is 0.389 e. The first-order valence-electron chi connectivity index (χ1n) is 5.23. The fourth-order valence-electron chi connectivity index (χ4n) is 1.41. The summed E-state index contributed by atoms with van der Waals surface area (Å²) in [6.45, 7) is 3.37. The van der Waals surface area contributed by atoms with Gasteiger partial charge in [0.15, 0.2) is 0 Å². The first-order chi connectivity index (χ1) is 7.78. The number of rotatable bonds is 4. The average molecular weight is 267 g/mol. The summed E-state index contributed by atoms with van der Waals surface area (Å²) in [7, 11) is 0. The molecule has 1 aromatic rings. The number of alkyl halides is 3. The fourth-order valence-corrected chi connectivity index (χ4v) is 1.70. The summed E-state index contributed by atoms with van der Waals surface area (Å²) in [4.78, 5) is 0. The molecule has 1 nitrogen and oxygen atoms in total. The number of halogens is 4. The van der Waals surface area contributed by atoms with E-state index in [1.807, 2.05) is 6.92 Å². The van der Waals surface area contributed by atoms with Gasteiger partial charge in [0.2, 0.25) is 0 Å². The Morgan fingerprint density at radius 1 is 1.35 bits per heavy atom. The van der Waals surface area contributed by atoms with E-state index in [1.165, 1.54) is 6.92 Å². The van der Waals surface area contributed by atoms with Crippen LogP contribution in [-0.4, -0.2) is 12.8 Å². The van der Waals surface area contributed by atoms with Crippen LogP contribution in [0.5, 0.6) is 5.75 Å². The normalized spacial score (nSPS) is 13.5. The van der Waals surface area contributed by atoms with Gasteiger partial charge in [-0.25, -0.2) is 0 Å². The molecule has 0 saturated heterocycles. The van der Waals surface area contributed by atoms with E-state index in [2.05, 4.69) is 0 Å². The van der Waals surface area contributed by atoms with Gasteiger partial charge in [0, 0.05) is 6.42 Å². The molecule has 1 unspecified atom stereocenters. The molecular weight excluding hydrogens is 253 g/mol.